The Morgan fingerprint density at radius 3 is 1.45 bits per heavy atom. The third kappa shape index (κ3) is 4.76. The van der Waals surface area contributed by atoms with Gasteiger partial charge in [-0.15, -0.1) is 0 Å². The number of halogens is 4. The maximum absolute atomic E-state index is 13.0. The molecule has 0 saturated heterocycles. The van der Waals surface area contributed by atoms with Gasteiger partial charge >= 0.3 is 23.9 Å². The van der Waals surface area contributed by atoms with Crippen molar-refractivity contribution in [3.63, 3.8) is 0 Å². The molecule has 8 nitrogen and oxygen atoms in total. The van der Waals surface area contributed by atoms with E-state index < -0.39 is 35.0 Å². The molecule has 12 heteroatoms. The molecule has 5 aromatic carbocycles. The first-order valence-electron chi connectivity index (χ1n) is 13.7. The van der Waals surface area contributed by atoms with E-state index in [0.717, 1.165) is 37.5 Å². The zero-order valence-electron chi connectivity index (χ0n) is 23.3. The molecule has 0 bridgehead atoms. The topological polar surface area (TPSA) is 149 Å². The van der Waals surface area contributed by atoms with E-state index in [1.807, 2.05) is 13.8 Å². The minimum Gasteiger partial charge on any atom is -0.478 e. The van der Waals surface area contributed by atoms with Gasteiger partial charge in [0.15, 0.2) is 0 Å². The minimum atomic E-state index is -1.45. The highest BCUT2D eigenvalue weighted by molar-refractivity contribution is 6.55. The number of fused-ring (bicyclic) bond motifs is 2. The van der Waals surface area contributed by atoms with E-state index in [9.17, 15) is 39.6 Å². The van der Waals surface area contributed by atoms with Gasteiger partial charge in [0.2, 0.25) is 0 Å². The SMILES string of the molecule is CCCCC(CC)Cc1c(C(=O)O)c2c(C(=O)O)cc(Cl)c3c4c(Cl)cc(C(=O)O)c5c(C(=O)O)cc(Cl)c(c(c1Cl)c23)c54. The number of rotatable bonds is 10. The zero-order valence-corrected chi connectivity index (χ0v) is 26.3. The molecule has 0 fully saturated rings. The molecule has 0 aliphatic carbocycles. The average Bonchev–Trinajstić information content (AvgIpc) is 2.95. The Labute approximate surface area is 270 Å². The Morgan fingerprint density at radius 1 is 0.614 bits per heavy atom. The van der Waals surface area contributed by atoms with Gasteiger partial charge < -0.3 is 20.4 Å². The van der Waals surface area contributed by atoms with Crippen molar-refractivity contribution >= 4 is 113 Å². The van der Waals surface area contributed by atoms with Gasteiger partial charge in [0.05, 0.1) is 27.3 Å². The second-order valence-electron chi connectivity index (χ2n) is 10.7. The predicted octanol–water partition coefficient (Wildman–Crippen LogP) is 9.90. The number of carboxylic acid groups (broad SMARTS) is 4. The van der Waals surface area contributed by atoms with Crippen LogP contribution in [0.25, 0.3) is 43.1 Å². The lowest BCUT2D eigenvalue weighted by Crippen LogP contribution is -2.14. The molecule has 0 spiro atoms. The molecule has 0 heterocycles. The van der Waals surface area contributed by atoms with Gasteiger partial charge in [0.1, 0.15) is 0 Å². The fraction of sp³-hybridized carbons (Fsp3) is 0.250. The van der Waals surface area contributed by atoms with Crippen molar-refractivity contribution < 1.29 is 39.6 Å². The van der Waals surface area contributed by atoms with Crippen LogP contribution in [0, 0.1) is 5.92 Å². The summed E-state index contributed by atoms with van der Waals surface area (Å²) < 4.78 is 0. The average molecular weight is 678 g/mol. The van der Waals surface area contributed by atoms with Crippen molar-refractivity contribution in [2.45, 2.75) is 46.0 Å². The molecule has 0 aromatic heterocycles. The first kappa shape index (κ1) is 31.9. The van der Waals surface area contributed by atoms with Crippen LogP contribution in [0.3, 0.4) is 0 Å². The van der Waals surface area contributed by atoms with Crippen LogP contribution in [0.4, 0.5) is 0 Å². The molecular weight excluding hydrogens is 654 g/mol. The first-order valence-corrected chi connectivity index (χ1v) is 15.2. The van der Waals surface area contributed by atoms with E-state index in [1.165, 1.54) is 0 Å². The Kier molecular flexibility index (Phi) is 8.50. The van der Waals surface area contributed by atoms with Crippen LogP contribution in [-0.2, 0) is 6.42 Å². The molecule has 0 radical (unpaired) electrons. The van der Waals surface area contributed by atoms with E-state index in [1.54, 1.807) is 0 Å². The van der Waals surface area contributed by atoms with Gasteiger partial charge in [-0.2, -0.15) is 0 Å². The summed E-state index contributed by atoms with van der Waals surface area (Å²) in [6.45, 7) is 4.01. The largest absolute Gasteiger partial charge is 0.478 e. The molecule has 1 atom stereocenters. The van der Waals surface area contributed by atoms with Crippen molar-refractivity contribution in [2.75, 3.05) is 0 Å². The van der Waals surface area contributed by atoms with Crippen LogP contribution < -0.4 is 0 Å². The summed E-state index contributed by atoms with van der Waals surface area (Å²) in [6, 6.07) is 3.30. The standard InChI is InChI=1S/C32H24Cl4O8/c1-3-5-6-11(4-2)7-12-21(32(43)44)20-15(31(41)42)10-17(34)23-22-16(33)8-13(29(37)38)19-14(30(39)40)9-18(35)24(25(19)22)27(26(20)23)28(12)36/h8-11H,3-7H2,1-2H3,(H,37,38)(H,39,40)(H,41,42)(H,43,44). The Bertz CT molecular complexity index is 2070. The Hall–Kier alpha value is -3.56. The van der Waals surface area contributed by atoms with Gasteiger partial charge in [0, 0.05) is 58.2 Å². The summed E-state index contributed by atoms with van der Waals surface area (Å²) in [4.78, 5) is 50.4. The fourth-order valence-electron chi connectivity index (χ4n) is 6.39. The number of unbranched alkanes of at least 4 members (excludes halogenated alkanes) is 1. The predicted molar refractivity (Wildman–Crippen MR) is 173 cm³/mol. The van der Waals surface area contributed by atoms with Gasteiger partial charge in [0.25, 0.3) is 0 Å². The number of hydrogen-bond acceptors (Lipinski definition) is 4. The van der Waals surface area contributed by atoms with E-state index in [4.69, 9.17) is 46.4 Å². The molecule has 0 amide bonds. The van der Waals surface area contributed by atoms with Crippen LogP contribution in [0.1, 0.15) is 86.5 Å². The molecule has 4 N–H and O–H groups in total. The zero-order chi connectivity index (χ0) is 32.4. The summed E-state index contributed by atoms with van der Waals surface area (Å²) in [5.41, 5.74) is -1.31. The number of benzene rings is 5. The molecule has 1 unspecified atom stereocenters. The smallest absolute Gasteiger partial charge is 0.336 e. The summed E-state index contributed by atoms with van der Waals surface area (Å²) in [7, 11) is 0. The summed E-state index contributed by atoms with van der Waals surface area (Å²) in [5, 5.41) is 40.8. The van der Waals surface area contributed by atoms with E-state index in [2.05, 4.69) is 0 Å². The van der Waals surface area contributed by atoms with Crippen LogP contribution in [0.15, 0.2) is 18.2 Å². The highest BCUT2D eigenvalue weighted by Gasteiger charge is 2.33. The third-order valence-electron chi connectivity index (χ3n) is 8.32. The van der Waals surface area contributed by atoms with Crippen molar-refractivity contribution in [3.8, 4) is 0 Å². The number of carbonyl (C=O) groups is 4. The van der Waals surface area contributed by atoms with Crippen LogP contribution >= 0.6 is 46.4 Å². The molecular formula is C32H24Cl4O8. The minimum absolute atomic E-state index is 0.00376. The third-order valence-corrected chi connectivity index (χ3v) is 9.63. The van der Waals surface area contributed by atoms with Crippen LogP contribution in [0.5, 0.6) is 0 Å². The molecule has 44 heavy (non-hydrogen) atoms. The molecule has 0 aliphatic heterocycles. The summed E-state index contributed by atoms with van der Waals surface area (Å²) >= 11 is 27.4. The van der Waals surface area contributed by atoms with Gasteiger partial charge in [-0.25, -0.2) is 19.2 Å². The highest BCUT2D eigenvalue weighted by atomic mass is 35.5. The first-order chi connectivity index (χ1) is 20.8. The van der Waals surface area contributed by atoms with Crippen molar-refractivity contribution in [1.82, 2.24) is 0 Å². The number of carboxylic acids is 4. The quantitative estimate of drug-likeness (QED) is 0.0842. The van der Waals surface area contributed by atoms with Gasteiger partial charge in [-0.05, 0) is 36.1 Å². The van der Waals surface area contributed by atoms with Crippen LogP contribution in [-0.4, -0.2) is 44.3 Å². The van der Waals surface area contributed by atoms with E-state index in [-0.39, 0.29) is 92.2 Å². The lowest BCUT2D eigenvalue weighted by molar-refractivity contribution is 0.0680. The fourth-order valence-corrected chi connectivity index (χ4v) is 7.64. The lowest BCUT2D eigenvalue weighted by Gasteiger charge is -2.25. The molecule has 5 rings (SSSR count). The lowest BCUT2D eigenvalue weighted by atomic mass is 9.80. The maximum Gasteiger partial charge on any atom is 0.336 e. The number of hydrogen-bond donors (Lipinski definition) is 4. The van der Waals surface area contributed by atoms with E-state index >= 15 is 0 Å². The highest BCUT2D eigenvalue weighted by Crippen LogP contribution is 2.53. The molecule has 0 aliphatic rings. The molecule has 228 valence electrons. The van der Waals surface area contributed by atoms with Crippen molar-refractivity contribution in [3.05, 3.63) is 66.1 Å². The molecule has 5 aromatic rings. The van der Waals surface area contributed by atoms with Crippen LogP contribution in [0.2, 0.25) is 20.1 Å². The Morgan fingerprint density at radius 2 is 1.05 bits per heavy atom. The Balaban J connectivity index is 2.22. The number of aromatic carboxylic acids is 4. The maximum atomic E-state index is 13.0. The molecule has 0 saturated carbocycles. The second-order valence-corrected chi connectivity index (χ2v) is 12.3. The normalized spacial score (nSPS) is 12.5. The van der Waals surface area contributed by atoms with E-state index in [0.29, 0.717) is 6.42 Å². The summed E-state index contributed by atoms with van der Waals surface area (Å²) in [5.74, 6) is -5.73. The van der Waals surface area contributed by atoms with Crippen molar-refractivity contribution in [2.24, 2.45) is 5.92 Å². The second kappa shape index (κ2) is 11.7. The summed E-state index contributed by atoms with van der Waals surface area (Å²) in [6.07, 6.45) is 3.46. The van der Waals surface area contributed by atoms with Crippen molar-refractivity contribution in [1.29, 1.82) is 0 Å². The van der Waals surface area contributed by atoms with Gasteiger partial charge in [-0.3, -0.25) is 0 Å². The monoisotopic (exact) mass is 676 g/mol. The van der Waals surface area contributed by atoms with Gasteiger partial charge in [-0.1, -0.05) is 85.9 Å².